The molecule has 2 aromatic carbocycles. The van der Waals surface area contributed by atoms with Gasteiger partial charge in [-0.2, -0.15) is 0 Å². The average Bonchev–Trinajstić information content (AvgIpc) is 3.23. The van der Waals surface area contributed by atoms with Gasteiger partial charge in [-0.3, -0.25) is 9.89 Å². The molecule has 0 radical (unpaired) electrons. The molecule has 4 rings (SSSR count). The van der Waals surface area contributed by atoms with E-state index in [0.29, 0.717) is 6.79 Å². The lowest BCUT2D eigenvalue weighted by atomic mass is 10.00. The molecule has 154 valence electrons. The lowest BCUT2D eigenvalue weighted by Gasteiger charge is -2.28. The van der Waals surface area contributed by atoms with Crippen molar-refractivity contribution in [3.63, 3.8) is 0 Å². The van der Waals surface area contributed by atoms with Crippen LogP contribution in [-0.4, -0.2) is 50.9 Å². The molecule has 2 aliphatic rings. The van der Waals surface area contributed by atoms with Crippen LogP contribution < -0.4 is 20.1 Å². The average molecular weight is 395 g/mol. The number of benzene rings is 2. The van der Waals surface area contributed by atoms with E-state index in [1.165, 1.54) is 16.7 Å². The highest BCUT2D eigenvalue weighted by atomic mass is 16.7. The third-order valence-electron chi connectivity index (χ3n) is 5.52. The summed E-state index contributed by atoms with van der Waals surface area (Å²) in [5.41, 5.74) is 4.21. The molecule has 29 heavy (non-hydrogen) atoms. The van der Waals surface area contributed by atoms with Crippen LogP contribution in [0.2, 0.25) is 0 Å². The highest BCUT2D eigenvalue weighted by Crippen LogP contribution is 2.32. The molecular weight excluding hydrogens is 364 g/mol. The molecule has 0 fully saturated rings. The summed E-state index contributed by atoms with van der Waals surface area (Å²) < 4.78 is 10.8. The van der Waals surface area contributed by atoms with Gasteiger partial charge in [-0.1, -0.05) is 30.3 Å². The van der Waals surface area contributed by atoms with E-state index in [1.54, 1.807) is 0 Å². The van der Waals surface area contributed by atoms with Gasteiger partial charge in [0, 0.05) is 39.8 Å². The Morgan fingerprint density at radius 2 is 1.86 bits per heavy atom. The van der Waals surface area contributed by atoms with Crippen LogP contribution in [0.15, 0.2) is 47.5 Å². The molecule has 2 aromatic rings. The van der Waals surface area contributed by atoms with Crippen LogP contribution in [0.3, 0.4) is 0 Å². The van der Waals surface area contributed by atoms with Crippen molar-refractivity contribution >= 4 is 5.96 Å². The Kier molecular flexibility index (Phi) is 6.52. The SMILES string of the molecule is CN=C(NCCCN1CCc2ccccc2C1)NCCc1ccc2c(c1)OCO2. The van der Waals surface area contributed by atoms with Crippen molar-refractivity contribution in [2.75, 3.05) is 40.0 Å². The van der Waals surface area contributed by atoms with Crippen LogP contribution in [0.25, 0.3) is 0 Å². The van der Waals surface area contributed by atoms with Gasteiger partial charge in [0.2, 0.25) is 6.79 Å². The van der Waals surface area contributed by atoms with Crippen LogP contribution in [0.1, 0.15) is 23.1 Å². The van der Waals surface area contributed by atoms with Crippen molar-refractivity contribution in [3.8, 4) is 11.5 Å². The highest BCUT2D eigenvalue weighted by Gasteiger charge is 2.15. The van der Waals surface area contributed by atoms with E-state index in [1.807, 2.05) is 13.1 Å². The first-order valence-electron chi connectivity index (χ1n) is 10.4. The van der Waals surface area contributed by atoms with Crippen LogP contribution in [0.5, 0.6) is 11.5 Å². The van der Waals surface area contributed by atoms with Crippen molar-refractivity contribution in [2.45, 2.75) is 25.8 Å². The van der Waals surface area contributed by atoms with E-state index in [4.69, 9.17) is 9.47 Å². The Labute approximate surface area is 172 Å². The molecule has 0 amide bonds. The monoisotopic (exact) mass is 394 g/mol. The van der Waals surface area contributed by atoms with Crippen LogP contribution >= 0.6 is 0 Å². The second-order valence-electron chi connectivity index (χ2n) is 7.51. The minimum Gasteiger partial charge on any atom is -0.454 e. The Hall–Kier alpha value is -2.73. The largest absolute Gasteiger partial charge is 0.454 e. The molecule has 6 nitrogen and oxygen atoms in total. The van der Waals surface area contributed by atoms with Gasteiger partial charge in [-0.25, -0.2) is 0 Å². The van der Waals surface area contributed by atoms with E-state index in [-0.39, 0.29) is 0 Å². The number of fused-ring (bicyclic) bond motifs is 2. The smallest absolute Gasteiger partial charge is 0.231 e. The predicted octanol–water partition coefficient (Wildman–Crippen LogP) is 2.57. The van der Waals surface area contributed by atoms with Crippen molar-refractivity contribution in [1.82, 2.24) is 15.5 Å². The predicted molar refractivity (Wildman–Crippen MR) is 116 cm³/mol. The van der Waals surface area contributed by atoms with E-state index in [0.717, 1.165) is 69.4 Å². The normalized spacial score (nSPS) is 15.8. The van der Waals surface area contributed by atoms with Crippen LogP contribution in [0.4, 0.5) is 0 Å². The summed E-state index contributed by atoms with van der Waals surface area (Å²) in [6, 6.07) is 14.9. The third-order valence-corrected chi connectivity index (χ3v) is 5.52. The number of aliphatic imine (C=N–C) groups is 1. The quantitative estimate of drug-likeness (QED) is 0.429. The minimum atomic E-state index is 0.317. The number of hydrogen-bond donors (Lipinski definition) is 2. The van der Waals surface area contributed by atoms with Crippen LogP contribution in [0, 0.1) is 0 Å². The Bertz CT molecular complexity index is 853. The van der Waals surface area contributed by atoms with Gasteiger partial charge in [0.05, 0.1) is 0 Å². The second-order valence-corrected chi connectivity index (χ2v) is 7.51. The summed E-state index contributed by atoms with van der Waals surface area (Å²) in [7, 11) is 1.82. The van der Waals surface area contributed by atoms with Gasteiger partial charge in [0.15, 0.2) is 17.5 Å². The molecule has 2 heterocycles. The molecule has 2 aliphatic heterocycles. The molecule has 0 saturated carbocycles. The van der Waals surface area contributed by atoms with Gasteiger partial charge in [-0.15, -0.1) is 0 Å². The summed E-state index contributed by atoms with van der Waals surface area (Å²) in [5, 5.41) is 6.81. The van der Waals surface area contributed by atoms with Crippen molar-refractivity contribution in [2.24, 2.45) is 4.99 Å². The summed E-state index contributed by atoms with van der Waals surface area (Å²) in [6.45, 7) is 5.38. The summed E-state index contributed by atoms with van der Waals surface area (Å²) in [4.78, 5) is 6.87. The molecule has 0 atom stereocenters. The highest BCUT2D eigenvalue weighted by molar-refractivity contribution is 5.79. The first-order valence-corrected chi connectivity index (χ1v) is 10.4. The van der Waals surface area contributed by atoms with Gasteiger partial charge < -0.3 is 20.1 Å². The van der Waals surface area contributed by atoms with E-state index in [9.17, 15) is 0 Å². The summed E-state index contributed by atoms with van der Waals surface area (Å²) in [6.07, 6.45) is 3.17. The third kappa shape index (κ3) is 5.21. The van der Waals surface area contributed by atoms with Crippen molar-refractivity contribution < 1.29 is 9.47 Å². The maximum Gasteiger partial charge on any atom is 0.231 e. The van der Waals surface area contributed by atoms with E-state index < -0.39 is 0 Å². The molecule has 0 aromatic heterocycles. The summed E-state index contributed by atoms with van der Waals surface area (Å²) in [5.74, 6) is 2.52. The molecule has 0 saturated heterocycles. The minimum absolute atomic E-state index is 0.317. The Morgan fingerprint density at radius 1 is 1.03 bits per heavy atom. The first kappa shape index (κ1) is 19.6. The fraction of sp³-hybridized carbons (Fsp3) is 0.435. The first-order chi connectivity index (χ1) is 14.3. The molecular formula is C23H30N4O2. The lowest BCUT2D eigenvalue weighted by Crippen LogP contribution is -2.40. The number of nitrogens with one attached hydrogen (secondary N) is 2. The lowest BCUT2D eigenvalue weighted by molar-refractivity contribution is 0.174. The maximum atomic E-state index is 5.44. The van der Waals surface area contributed by atoms with E-state index in [2.05, 4.69) is 56.9 Å². The second kappa shape index (κ2) is 9.65. The topological polar surface area (TPSA) is 58.1 Å². The molecule has 0 bridgehead atoms. The maximum absolute atomic E-state index is 5.44. The molecule has 0 unspecified atom stereocenters. The van der Waals surface area contributed by atoms with Gasteiger partial charge in [-0.05, 0) is 48.1 Å². The zero-order chi connectivity index (χ0) is 19.9. The van der Waals surface area contributed by atoms with Crippen molar-refractivity contribution in [3.05, 3.63) is 59.2 Å². The molecule has 6 heteroatoms. The number of nitrogens with zero attached hydrogens (tertiary/aromatic N) is 2. The van der Waals surface area contributed by atoms with Crippen molar-refractivity contribution in [1.29, 1.82) is 0 Å². The fourth-order valence-corrected chi connectivity index (χ4v) is 3.90. The fourth-order valence-electron chi connectivity index (χ4n) is 3.90. The van der Waals surface area contributed by atoms with Gasteiger partial charge >= 0.3 is 0 Å². The molecule has 0 aliphatic carbocycles. The van der Waals surface area contributed by atoms with Gasteiger partial charge in [0.25, 0.3) is 0 Å². The molecule has 0 spiro atoms. The number of ether oxygens (including phenoxy) is 2. The number of hydrogen-bond acceptors (Lipinski definition) is 4. The van der Waals surface area contributed by atoms with E-state index >= 15 is 0 Å². The molecule has 2 N–H and O–H groups in total. The van der Waals surface area contributed by atoms with Crippen LogP contribution in [-0.2, 0) is 19.4 Å². The standard InChI is InChI=1S/C23H30N4O2/c1-24-23(26-12-9-18-7-8-21-22(15-18)29-17-28-21)25-11-4-13-27-14-10-19-5-2-3-6-20(19)16-27/h2-3,5-8,15H,4,9-14,16-17H2,1H3,(H2,24,25,26). The Morgan fingerprint density at radius 3 is 2.76 bits per heavy atom. The summed E-state index contributed by atoms with van der Waals surface area (Å²) >= 11 is 0. The zero-order valence-electron chi connectivity index (χ0n) is 17.1. The Balaban J connectivity index is 1.13. The zero-order valence-corrected chi connectivity index (χ0v) is 17.1. The number of guanidine groups is 1. The van der Waals surface area contributed by atoms with Gasteiger partial charge in [0.1, 0.15) is 0 Å². The number of rotatable bonds is 7.